The van der Waals surface area contributed by atoms with Crippen LogP contribution in [-0.4, -0.2) is 58.9 Å². The third-order valence-corrected chi connectivity index (χ3v) is 7.06. The third-order valence-electron chi connectivity index (χ3n) is 5.15. The predicted molar refractivity (Wildman–Crippen MR) is 129 cm³/mol. The lowest BCUT2D eigenvalue weighted by Gasteiger charge is -2.29. The van der Waals surface area contributed by atoms with Gasteiger partial charge < -0.3 is 19.9 Å². The number of ether oxygens (including phenoxy) is 2. The summed E-state index contributed by atoms with van der Waals surface area (Å²) < 4.78 is 37.9. The number of rotatable bonds is 9. The lowest BCUT2D eigenvalue weighted by atomic mass is 10.2. The topological polar surface area (TPSA) is 148 Å². The van der Waals surface area contributed by atoms with Gasteiger partial charge >= 0.3 is 5.97 Å². The highest BCUT2D eigenvalue weighted by atomic mass is 32.2. The van der Waals surface area contributed by atoms with E-state index >= 15 is 0 Å². The van der Waals surface area contributed by atoms with Gasteiger partial charge in [0.15, 0.2) is 0 Å². The molecule has 12 heteroatoms. The normalized spacial score (nSPS) is 13.6. The first-order valence-electron chi connectivity index (χ1n) is 11.1. The number of hydrogen-bond acceptors (Lipinski definition) is 8. The zero-order chi connectivity index (χ0) is 25.9. The van der Waals surface area contributed by atoms with Crippen molar-refractivity contribution in [1.82, 2.24) is 14.3 Å². The monoisotopic (exact) mass is 512 g/mol. The molecular weight excluding hydrogens is 488 g/mol. The molecule has 3 heterocycles. The van der Waals surface area contributed by atoms with Crippen LogP contribution >= 0.6 is 0 Å². The van der Waals surface area contributed by atoms with Gasteiger partial charge in [0.05, 0.1) is 22.1 Å². The molecule has 1 saturated heterocycles. The fraction of sp³-hybridized carbons (Fsp3) is 0.250. The summed E-state index contributed by atoms with van der Waals surface area (Å²) in [4.78, 5) is 32.2. The van der Waals surface area contributed by atoms with Crippen molar-refractivity contribution in [1.29, 1.82) is 0 Å². The van der Waals surface area contributed by atoms with E-state index in [0.29, 0.717) is 18.8 Å². The molecule has 0 spiro atoms. The van der Waals surface area contributed by atoms with Crippen molar-refractivity contribution in [2.45, 2.75) is 31.3 Å². The average molecular weight is 513 g/mol. The highest BCUT2D eigenvalue weighted by Crippen LogP contribution is 2.27. The van der Waals surface area contributed by atoms with Crippen LogP contribution < -0.4 is 14.8 Å². The van der Waals surface area contributed by atoms with Crippen molar-refractivity contribution in [2.24, 2.45) is 0 Å². The Morgan fingerprint density at radius 1 is 1.03 bits per heavy atom. The lowest BCUT2D eigenvalue weighted by molar-refractivity contribution is 0.0696. The number of nitrogens with one attached hydrogen (secondary N) is 1. The van der Waals surface area contributed by atoms with Crippen LogP contribution in [0.2, 0.25) is 0 Å². The van der Waals surface area contributed by atoms with Crippen molar-refractivity contribution in [3.8, 4) is 17.5 Å². The van der Waals surface area contributed by atoms with E-state index in [9.17, 15) is 18.0 Å². The summed E-state index contributed by atoms with van der Waals surface area (Å²) >= 11 is 0. The van der Waals surface area contributed by atoms with E-state index in [1.807, 2.05) is 0 Å². The quantitative estimate of drug-likeness (QED) is 0.440. The van der Waals surface area contributed by atoms with Crippen LogP contribution in [0.3, 0.4) is 0 Å². The van der Waals surface area contributed by atoms with Crippen LogP contribution in [0.1, 0.15) is 41.0 Å². The molecule has 188 valence electrons. The molecule has 0 bridgehead atoms. The zero-order valence-electron chi connectivity index (χ0n) is 19.5. The van der Waals surface area contributed by atoms with Crippen molar-refractivity contribution in [3.05, 3.63) is 65.9 Å². The van der Waals surface area contributed by atoms with E-state index in [2.05, 4.69) is 15.3 Å². The third kappa shape index (κ3) is 5.78. The van der Waals surface area contributed by atoms with E-state index < -0.39 is 21.9 Å². The molecule has 2 aromatic heterocycles. The Hall–Kier alpha value is -4.03. The number of aromatic carboxylic acids is 1. The Kier molecular flexibility index (Phi) is 7.17. The summed E-state index contributed by atoms with van der Waals surface area (Å²) in [5.74, 6) is -0.969. The standard InChI is InChI=1S/C24H24N4O7S/c1-15(2)34-21-12-17(23(29)26-20-9-4-16(14-25-20)24(30)31)13-22(27-21)35-18-5-7-19(8-6-18)36(32,33)28-10-3-11-28/h4-9,12-15H,3,10-11H2,1-2H3,(H,30,31)(H,25,26,29). The summed E-state index contributed by atoms with van der Waals surface area (Å²) in [6, 6.07) is 11.5. The van der Waals surface area contributed by atoms with E-state index in [1.165, 1.54) is 52.8 Å². The number of amides is 1. The maximum Gasteiger partial charge on any atom is 0.337 e. The van der Waals surface area contributed by atoms with Crippen LogP contribution in [0.15, 0.2) is 59.6 Å². The number of nitrogens with zero attached hydrogens (tertiary/aromatic N) is 3. The second kappa shape index (κ2) is 10.3. The van der Waals surface area contributed by atoms with E-state index in [4.69, 9.17) is 14.6 Å². The van der Waals surface area contributed by atoms with Gasteiger partial charge in [-0.25, -0.2) is 18.2 Å². The molecule has 0 unspecified atom stereocenters. The molecule has 1 fully saturated rings. The first-order chi connectivity index (χ1) is 17.1. The molecule has 1 amide bonds. The van der Waals surface area contributed by atoms with Gasteiger partial charge in [-0.3, -0.25) is 4.79 Å². The number of anilines is 1. The van der Waals surface area contributed by atoms with Crippen LogP contribution in [0.25, 0.3) is 0 Å². The Labute approximate surface area is 207 Å². The largest absolute Gasteiger partial charge is 0.478 e. The maximum absolute atomic E-state index is 12.9. The molecule has 0 atom stereocenters. The van der Waals surface area contributed by atoms with Gasteiger partial charge in [-0.1, -0.05) is 0 Å². The minimum Gasteiger partial charge on any atom is -0.478 e. The Morgan fingerprint density at radius 3 is 2.28 bits per heavy atom. The van der Waals surface area contributed by atoms with Gasteiger partial charge in [-0.05, 0) is 56.7 Å². The van der Waals surface area contributed by atoms with E-state index in [-0.39, 0.29) is 39.7 Å². The molecule has 0 saturated carbocycles. The average Bonchev–Trinajstić information content (AvgIpc) is 2.77. The Balaban J connectivity index is 1.54. The van der Waals surface area contributed by atoms with Gasteiger partial charge in [-0.15, -0.1) is 0 Å². The van der Waals surface area contributed by atoms with Gasteiger partial charge in [-0.2, -0.15) is 9.29 Å². The van der Waals surface area contributed by atoms with Crippen LogP contribution in [0.5, 0.6) is 17.5 Å². The summed E-state index contributed by atoms with van der Waals surface area (Å²) in [5, 5.41) is 11.6. The van der Waals surface area contributed by atoms with Crippen LogP contribution in [0.4, 0.5) is 5.82 Å². The number of aromatic nitrogens is 2. The first-order valence-corrected chi connectivity index (χ1v) is 12.5. The summed E-state index contributed by atoms with van der Waals surface area (Å²) in [6.07, 6.45) is 1.76. The van der Waals surface area contributed by atoms with Crippen LogP contribution in [-0.2, 0) is 10.0 Å². The smallest absolute Gasteiger partial charge is 0.337 e. The fourth-order valence-electron chi connectivity index (χ4n) is 3.23. The Bertz CT molecular complexity index is 1370. The van der Waals surface area contributed by atoms with Gasteiger partial charge in [0, 0.05) is 31.4 Å². The number of carbonyl (C=O) groups excluding carboxylic acids is 1. The summed E-state index contributed by atoms with van der Waals surface area (Å²) in [7, 11) is -3.52. The second-order valence-corrected chi connectivity index (χ2v) is 10.2. The maximum atomic E-state index is 12.9. The SMILES string of the molecule is CC(C)Oc1cc(C(=O)Nc2ccc(C(=O)O)cn2)cc(Oc2ccc(S(=O)(=O)N3CCC3)cc2)n1. The second-order valence-electron chi connectivity index (χ2n) is 8.22. The van der Waals surface area contributed by atoms with E-state index in [0.717, 1.165) is 12.6 Å². The molecule has 3 aromatic rings. The zero-order valence-corrected chi connectivity index (χ0v) is 20.4. The minimum atomic E-state index is -3.52. The highest BCUT2D eigenvalue weighted by Gasteiger charge is 2.29. The minimum absolute atomic E-state index is 0.0103. The van der Waals surface area contributed by atoms with Crippen molar-refractivity contribution in [3.63, 3.8) is 0 Å². The molecule has 11 nitrogen and oxygen atoms in total. The summed E-state index contributed by atoms with van der Waals surface area (Å²) in [6.45, 7) is 4.63. The van der Waals surface area contributed by atoms with Gasteiger partial charge in [0.25, 0.3) is 5.91 Å². The number of carbonyl (C=O) groups is 2. The van der Waals surface area contributed by atoms with Crippen LogP contribution in [0, 0.1) is 0 Å². The number of hydrogen-bond donors (Lipinski definition) is 2. The van der Waals surface area contributed by atoms with Crippen molar-refractivity contribution >= 4 is 27.7 Å². The number of carboxylic acid groups (broad SMARTS) is 1. The number of benzene rings is 1. The molecule has 36 heavy (non-hydrogen) atoms. The van der Waals surface area contributed by atoms with Gasteiger partial charge in [0.1, 0.15) is 11.6 Å². The molecule has 0 radical (unpaired) electrons. The molecule has 1 aromatic carbocycles. The fourth-order valence-corrected chi connectivity index (χ4v) is 4.74. The molecule has 2 N–H and O–H groups in total. The predicted octanol–water partition coefficient (Wildman–Crippen LogP) is 3.40. The number of sulfonamides is 1. The molecule has 4 rings (SSSR count). The van der Waals surface area contributed by atoms with Gasteiger partial charge in [0.2, 0.25) is 21.8 Å². The van der Waals surface area contributed by atoms with Crippen molar-refractivity contribution < 1.29 is 32.6 Å². The summed E-state index contributed by atoms with van der Waals surface area (Å²) in [5.41, 5.74) is 0.153. The Morgan fingerprint density at radius 2 is 1.72 bits per heavy atom. The highest BCUT2D eigenvalue weighted by molar-refractivity contribution is 7.89. The van der Waals surface area contributed by atoms with Crippen molar-refractivity contribution in [2.75, 3.05) is 18.4 Å². The molecule has 0 aliphatic carbocycles. The molecule has 1 aliphatic rings. The molecular formula is C24H24N4O7S. The number of pyridine rings is 2. The lowest BCUT2D eigenvalue weighted by Crippen LogP contribution is -2.41. The number of carboxylic acids is 1. The molecule has 1 aliphatic heterocycles. The first kappa shape index (κ1) is 25.1. The van der Waals surface area contributed by atoms with E-state index in [1.54, 1.807) is 13.8 Å².